The standard InChI is InChI=1S/C36H42N12O6S/c1-20-13-29(55-43-20)42-32-30(31(37)50)38-15-27(40-32)46-8-2-3-22(19-46)39-36(54)45-11-9-44(10-12-45)16-21-17-47(18-21)23-4-5-24-25(14-23)35(53)48(34(24)52)26-6-7-28(49)41-33(26)51/h4-5,13-15,21-22,26H,2-3,6-12,16-19H2,1H3,(H2,37,50)(H,39,54)(H,40,42)(H,41,49,51). The maximum Gasteiger partial charge on any atom is 0.317 e. The number of imide groups is 2. The molecule has 19 heteroatoms. The van der Waals surface area contributed by atoms with E-state index in [4.69, 9.17) is 5.73 Å². The lowest BCUT2D eigenvalue weighted by Gasteiger charge is -2.45. The van der Waals surface area contributed by atoms with Crippen LogP contribution >= 0.6 is 11.5 Å². The summed E-state index contributed by atoms with van der Waals surface area (Å²) in [5, 5.41) is 9.30. The summed E-state index contributed by atoms with van der Waals surface area (Å²) in [5.74, 6) is -1.45. The monoisotopic (exact) mass is 770 g/mol. The molecule has 7 amide bonds. The summed E-state index contributed by atoms with van der Waals surface area (Å²) >= 11 is 1.25. The Labute approximate surface area is 320 Å². The van der Waals surface area contributed by atoms with E-state index in [9.17, 15) is 28.8 Å². The number of fused-ring (bicyclic) bond motifs is 1. The number of hydrogen-bond donors (Lipinski definition) is 4. The highest BCUT2D eigenvalue weighted by Gasteiger charge is 2.45. The van der Waals surface area contributed by atoms with Crippen molar-refractivity contribution in [1.82, 2.24) is 39.7 Å². The number of carbonyl (C=O) groups excluding carboxylic acids is 6. The number of nitrogens with one attached hydrogen (secondary N) is 3. The van der Waals surface area contributed by atoms with Gasteiger partial charge in [-0.3, -0.25) is 39.1 Å². The molecule has 288 valence electrons. The van der Waals surface area contributed by atoms with Crippen molar-refractivity contribution in [3.8, 4) is 0 Å². The molecule has 0 saturated carbocycles. The van der Waals surface area contributed by atoms with E-state index in [1.807, 2.05) is 24.0 Å². The number of nitrogens with zero attached hydrogens (tertiary/aromatic N) is 8. The van der Waals surface area contributed by atoms with Crippen LogP contribution < -0.4 is 31.5 Å². The number of carbonyl (C=O) groups is 6. The van der Waals surface area contributed by atoms with E-state index in [0.29, 0.717) is 31.4 Å². The Bertz CT molecular complexity index is 2060. The predicted octanol–water partition coefficient (Wildman–Crippen LogP) is 0.918. The number of nitrogens with two attached hydrogens (primary N) is 1. The molecule has 2 unspecified atom stereocenters. The number of urea groups is 1. The lowest BCUT2D eigenvalue weighted by Crippen LogP contribution is -2.58. The van der Waals surface area contributed by atoms with Crippen LogP contribution in [0.5, 0.6) is 0 Å². The molecule has 5 aliphatic rings. The molecule has 18 nitrogen and oxygen atoms in total. The van der Waals surface area contributed by atoms with Crippen molar-refractivity contribution in [2.75, 3.05) is 74.0 Å². The number of aryl methyl sites for hydroxylation is 1. The molecule has 2 aromatic heterocycles. The summed E-state index contributed by atoms with van der Waals surface area (Å²) < 4.78 is 4.26. The highest BCUT2D eigenvalue weighted by atomic mass is 32.1. The number of piperazine rings is 1. The summed E-state index contributed by atoms with van der Waals surface area (Å²) in [4.78, 5) is 94.1. The molecule has 5 N–H and O–H groups in total. The Balaban J connectivity index is 0.794. The Morgan fingerprint density at radius 1 is 0.964 bits per heavy atom. The van der Waals surface area contributed by atoms with Crippen LogP contribution in [-0.4, -0.2) is 136 Å². The summed E-state index contributed by atoms with van der Waals surface area (Å²) in [6.45, 7) is 8.44. The molecular formula is C36H42N12O6S. The average Bonchev–Trinajstić information content (AvgIpc) is 3.67. The summed E-state index contributed by atoms with van der Waals surface area (Å²) in [7, 11) is 0. The summed E-state index contributed by atoms with van der Waals surface area (Å²) in [6, 6.07) is 5.92. The Morgan fingerprint density at radius 3 is 2.47 bits per heavy atom. The Kier molecular flexibility index (Phi) is 9.80. The highest BCUT2D eigenvalue weighted by molar-refractivity contribution is 7.10. The quantitative estimate of drug-likeness (QED) is 0.223. The van der Waals surface area contributed by atoms with Crippen molar-refractivity contribution >= 4 is 69.4 Å². The highest BCUT2D eigenvalue weighted by Crippen LogP contribution is 2.33. The van der Waals surface area contributed by atoms with Gasteiger partial charge in [0.2, 0.25) is 11.8 Å². The van der Waals surface area contributed by atoms with Gasteiger partial charge in [0.25, 0.3) is 17.7 Å². The summed E-state index contributed by atoms with van der Waals surface area (Å²) in [5.41, 5.74) is 7.86. The lowest BCUT2D eigenvalue weighted by molar-refractivity contribution is -0.136. The maximum atomic E-state index is 13.3. The van der Waals surface area contributed by atoms with Gasteiger partial charge in [-0.1, -0.05) is 0 Å². The largest absolute Gasteiger partial charge is 0.371 e. The number of amides is 7. The minimum atomic E-state index is -0.988. The SMILES string of the molecule is Cc1cc(Nc2nc(N3CCCC(NC(=O)N4CCN(CC5CN(c6ccc7c(c6)C(=O)N(C6CCC(=O)NC6=O)C7=O)C5)CC4)C3)cnc2C(N)=O)sn1. The van der Waals surface area contributed by atoms with Crippen molar-refractivity contribution in [3.63, 3.8) is 0 Å². The Hall–Kier alpha value is -5.69. The number of primary amides is 1. The molecule has 0 spiro atoms. The first-order valence-electron chi connectivity index (χ1n) is 18.5. The van der Waals surface area contributed by atoms with Gasteiger partial charge < -0.3 is 31.1 Å². The molecule has 8 rings (SSSR count). The third-order valence-corrected chi connectivity index (χ3v) is 11.7. The second kappa shape index (κ2) is 14.9. The van der Waals surface area contributed by atoms with Gasteiger partial charge in [-0.25, -0.2) is 14.8 Å². The van der Waals surface area contributed by atoms with E-state index in [1.54, 1.807) is 18.3 Å². The van der Waals surface area contributed by atoms with Crippen LogP contribution in [0.2, 0.25) is 0 Å². The molecule has 4 fully saturated rings. The van der Waals surface area contributed by atoms with Gasteiger partial charge in [-0.2, -0.15) is 4.37 Å². The number of rotatable bonds is 9. The van der Waals surface area contributed by atoms with E-state index in [2.05, 4.69) is 45.0 Å². The van der Waals surface area contributed by atoms with Crippen LogP contribution in [-0.2, 0) is 9.59 Å². The molecule has 4 saturated heterocycles. The lowest BCUT2D eigenvalue weighted by atomic mass is 9.97. The van der Waals surface area contributed by atoms with Gasteiger partial charge in [0, 0.05) is 83.0 Å². The predicted molar refractivity (Wildman–Crippen MR) is 201 cm³/mol. The zero-order valence-corrected chi connectivity index (χ0v) is 31.1. The van der Waals surface area contributed by atoms with Crippen LogP contribution in [0.1, 0.15) is 62.6 Å². The normalized spacial score (nSPS) is 22.1. The van der Waals surface area contributed by atoms with Crippen molar-refractivity contribution in [2.45, 2.75) is 44.7 Å². The molecule has 2 atom stereocenters. The van der Waals surface area contributed by atoms with Gasteiger partial charge in [0.15, 0.2) is 11.5 Å². The van der Waals surface area contributed by atoms with Crippen LogP contribution in [0.4, 0.5) is 27.1 Å². The number of anilines is 4. The van der Waals surface area contributed by atoms with Gasteiger partial charge >= 0.3 is 6.03 Å². The molecule has 5 aliphatic heterocycles. The molecular weight excluding hydrogens is 729 g/mol. The van der Waals surface area contributed by atoms with E-state index in [0.717, 1.165) is 73.4 Å². The van der Waals surface area contributed by atoms with Crippen LogP contribution in [0.15, 0.2) is 30.5 Å². The summed E-state index contributed by atoms with van der Waals surface area (Å²) in [6.07, 6.45) is 3.44. The van der Waals surface area contributed by atoms with Crippen LogP contribution in [0, 0.1) is 12.8 Å². The molecule has 0 radical (unpaired) electrons. The number of benzene rings is 1. The topological polar surface area (TPSA) is 219 Å². The van der Waals surface area contributed by atoms with E-state index >= 15 is 0 Å². The first-order chi connectivity index (χ1) is 26.5. The third-order valence-electron chi connectivity index (χ3n) is 10.9. The zero-order chi connectivity index (χ0) is 38.4. The van der Waals surface area contributed by atoms with Gasteiger partial charge in [0.05, 0.1) is 23.0 Å². The molecule has 0 aliphatic carbocycles. The second-order valence-corrected chi connectivity index (χ2v) is 15.5. The zero-order valence-electron chi connectivity index (χ0n) is 30.3. The fraction of sp³-hybridized carbons (Fsp3) is 0.472. The third kappa shape index (κ3) is 7.40. The second-order valence-electron chi connectivity index (χ2n) is 14.7. The van der Waals surface area contributed by atoms with Crippen molar-refractivity contribution in [3.05, 3.63) is 53.0 Å². The minimum absolute atomic E-state index is 0.0440. The molecule has 7 heterocycles. The van der Waals surface area contributed by atoms with Crippen LogP contribution in [0.3, 0.4) is 0 Å². The van der Waals surface area contributed by atoms with E-state index < -0.39 is 35.6 Å². The van der Waals surface area contributed by atoms with Gasteiger partial charge in [0.1, 0.15) is 16.9 Å². The fourth-order valence-electron chi connectivity index (χ4n) is 7.96. The Morgan fingerprint density at radius 2 is 1.75 bits per heavy atom. The number of piperidine rings is 2. The smallest absolute Gasteiger partial charge is 0.317 e. The fourth-order valence-corrected chi connectivity index (χ4v) is 8.62. The molecule has 55 heavy (non-hydrogen) atoms. The van der Waals surface area contributed by atoms with Crippen molar-refractivity contribution in [1.29, 1.82) is 0 Å². The van der Waals surface area contributed by atoms with E-state index in [1.165, 1.54) is 11.5 Å². The van der Waals surface area contributed by atoms with Gasteiger partial charge in [-0.15, -0.1) is 0 Å². The number of hydrogen-bond acceptors (Lipinski definition) is 14. The van der Waals surface area contributed by atoms with E-state index in [-0.39, 0.29) is 47.6 Å². The molecule has 0 bridgehead atoms. The maximum absolute atomic E-state index is 13.3. The first-order valence-corrected chi connectivity index (χ1v) is 19.3. The molecule has 3 aromatic rings. The van der Waals surface area contributed by atoms with Crippen LogP contribution in [0.25, 0.3) is 0 Å². The van der Waals surface area contributed by atoms with Crippen molar-refractivity contribution < 1.29 is 28.8 Å². The average molecular weight is 771 g/mol. The van der Waals surface area contributed by atoms with Crippen molar-refractivity contribution in [2.24, 2.45) is 11.7 Å². The minimum Gasteiger partial charge on any atom is -0.371 e. The number of aromatic nitrogens is 3. The first kappa shape index (κ1) is 36.3. The van der Waals surface area contributed by atoms with Gasteiger partial charge in [-0.05, 0) is 62.0 Å². The molecule has 1 aromatic carbocycles.